The van der Waals surface area contributed by atoms with Crippen molar-refractivity contribution in [3.8, 4) is 11.3 Å². The summed E-state index contributed by atoms with van der Waals surface area (Å²) in [6.45, 7) is 8.93. The predicted molar refractivity (Wildman–Crippen MR) is 134 cm³/mol. The zero-order valence-corrected chi connectivity index (χ0v) is 21.5. The molecule has 3 heterocycles. The van der Waals surface area contributed by atoms with E-state index in [2.05, 4.69) is 45.9 Å². The molecule has 13 heteroatoms. The van der Waals surface area contributed by atoms with Crippen molar-refractivity contribution in [2.24, 2.45) is 0 Å². The fourth-order valence-corrected chi connectivity index (χ4v) is 4.30. The number of morpholine rings is 1. The molecular weight excluding hydrogens is 505 g/mol. The van der Waals surface area contributed by atoms with Crippen molar-refractivity contribution in [1.82, 2.24) is 20.2 Å². The van der Waals surface area contributed by atoms with Crippen LogP contribution in [0.3, 0.4) is 0 Å². The molecule has 4 rings (SSSR count). The summed E-state index contributed by atoms with van der Waals surface area (Å²) in [4.78, 5) is 37.2. The van der Waals surface area contributed by atoms with Gasteiger partial charge in [0.25, 0.3) is 0 Å². The summed E-state index contributed by atoms with van der Waals surface area (Å²) in [5, 5.41) is 4.95. The Labute approximate surface area is 218 Å². The van der Waals surface area contributed by atoms with Gasteiger partial charge in [-0.05, 0) is 32.9 Å². The molecule has 2 aromatic rings. The van der Waals surface area contributed by atoms with Crippen LogP contribution in [0, 0.1) is 0 Å². The first kappa shape index (κ1) is 27.6. The van der Waals surface area contributed by atoms with E-state index in [0.29, 0.717) is 37.4 Å². The van der Waals surface area contributed by atoms with Gasteiger partial charge in [0.2, 0.25) is 5.95 Å². The number of carbonyl (C=O) groups excluding carboxylic acids is 2. The molecular formula is C25H31F3N6O4. The Hall–Kier alpha value is -3.45. The van der Waals surface area contributed by atoms with Crippen LogP contribution in [0.25, 0.3) is 11.3 Å². The van der Waals surface area contributed by atoms with Crippen LogP contribution in [0.4, 0.5) is 29.6 Å². The van der Waals surface area contributed by atoms with E-state index in [1.165, 1.54) is 0 Å². The van der Waals surface area contributed by atoms with Crippen molar-refractivity contribution in [3.05, 3.63) is 35.5 Å². The van der Waals surface area contributed by atoms with Crippen molar-refractivity contribution < 1.29 is 32.2 Å². The number of ether oxygens (including phenoxy) is 2. The molecule has 1 fully saturated rings. The number of nitrogens with zero attached hydrogens (tertiary/aromatic N) is 4. The van der Waals surface area contributed by atoms with Crippen molar-refractivity contribution in [2.75, 3.05) is 43.1 Å². The number of carbonyl (C=O) groups is 2. The zero-order valence-electron chi connectivity index (χ0n) is 21.5. The molecule has 1 atom stereocenters. The second-order valence-electron chi connectivity index (χ2n) is 9.51. The number of alkyl halides is 3. The van der Waals surface area contributed by atoms with Gasteiger partial charge in [0, 0.05) is 42.5 Å². The van der Waals surface area contributed by atoms with E-state index in [-0.39, 0.29) is 12.6 Å². The van der Waals surface area contributed by atoms with Gasteiger partial charge in [-0.3, -0.25) is 4.90 Å². The van der Waals surface area contributed by atoms with Gasteiger partial charge in [-0.1, -0.05) is 12.1 Å². The first-order valence-electron chi connectivity index (χ1n) is 12.4. The van der Waals surface area contributed by atoms with Gasteiger partial charge in [0.05, 0.1) is 37.2 Å². The molecule has 2 amide bonds. The number of aromatic nitrogens is 2. The van der Waals surface area contributed by atoms with E-state index in [1.54, 1.807) is 12.1 Å². The smallest absolute Gasteiger partial charge is 0.457 e. The van der Waals surface area contributed by atoms with E-state index in [1.807, 2.05) is 12.1 Å². The van der Waals surface area contributed by atoms with Gasteiger partial charge in [-0.15, -0.1) is 0 Å². The van der Waals surface area contributed by atoms with Crippen LogP contribution in [0.5, 0.6) is 0 Å². The molecule has 0 bridgehead atoms. The summed E-state index contributed by atoms with van der Waals surface area (Å²) in [6.07, 6.45) is -5.07. The predicted octanol–water partition coefficient (Wildman–Crippen LogP) is 3.32. The lowest BCUT2D eigenvalue weighted by molar-refractivity contribution is -0.199. The first-order valence-corrected chi connectivity index (χ1v) is 12.4. The minimum absolute atomic E-state index is 0.152. The lowest BCUT2D eigenvalue weighted by Crippen LogP contribution is -2.44. The highest BCUT2D eigenvalue weighted by atomic mass is 19.4. The SMILES string of the molecule is CC(C)N1Cc2nc(N3CCOCC3C)nc(-c3ccc(NC(=O)NCCOC(=O)C(F)(F)F)cc3)c2C1. The number of halogens is 3. The second kappa shape index (κ2) is 11.5. The Morgan fingerprint density at radius 2 is 1.92 bits per heavy atom. The average Bonchev–Trinajstić information content (AvgIpc) is 3.31. The fraction of sp³-hybridized carbons (Fsp3) is 0.520. The van der Waals surface area contributed by atoms with E-state index in [9.17, 15) is 22.8 Å². The van der Waals surface area contributed by atoms with Crippen LogP contribution < -0.4 is 15.5 Å². The summed E-state index contributed by atoms with van der Waals surface area (Å²) in [5.74, 6) is -1.62. The van der Waals surface area contributed by atoms with Gasteiger partial charge >= 0.3 is 18.2 Å². The normalized spacial score (nSPS) is 17.9. The maximum atomic E-state index is 12.1. The second-order valence-corrected chi connectivity index (χ2v) is 9.51. The van der Waals surface area contributed by atoms with Gasteiger partial charge in [0.15, 0.2) is 0 Å². The fourth-order valence-electron chi connectivity index (χ4n) is 4.30. The zero-order chi connectivity index (χ0) is 27.4. The molecule has 1 saturated heterocycles. The lowest BCUT2D eigenvalue weighted by Gasteiger charge is -2.33. The summed E-state index contributed by atoms with van der Waals surface area (Å²) in [7, 11) is 0. The van der Waals surface area contributed by atoms with E-state index >= 15 is 0 Å². The number of nitrogens with one attached hydrogen (secondary N) is 2. The van der Waals surface area contributed by atoms with Crippen LogP contribution in [-0.4, -0.2) is 78.0 Å². The van der Waals surface area contributed by atoms with Crippen LogP contribution in [0.1, 0.15) is 32.0 Å². The third-order valence-electron chi connectivity index (χ3n) is 6.42. The molecule has 206 valence electrons. The molecule has 2 aliphatic heterocycles. The third kappa shape index (κ3) is 6.51. The quantitative estimate of drug-likeness (QED) is 0.410. The van der Waals surface area contributed by atoms with Gasteiger partial charge in [-0.25, -0.2) is 19.6 Å². The number of amides is 2. The number of urea groups is 1. The summed E-state index contributed by atoms with van der Waals surface area (Å²) in [6, 6.07) is 7.02. The van der Waals surface area contributed by atoms with Gasteiger partial charge < -0.3 is 25.0 Å². The largest absolute Gasteiger partial charge is 0.490 e. The maximum absolute atomic E-state index is 12.1. The molecule has 1 unspecified atom stereocenters. The van der Waals surface area contributed by atoms with Crippen molar-refractivity contribution in [3.63, 3.8) is 0 Å². The van der Waals surface area contributed by atoms with Crippen LogP contribution in [0.15, 0.2) is 24.3 Å². The Morgan fingerprint density at radius 1 is 1.18 bits per heavy atom. The third-order valence-corrected chi connectivity index (χ3v) is 6.42. The van der Waals surface area contributed by atoms with Crippen LogP contribution in [-0.2, 0) is 27.4 Å². The highest BCUT2D eigenvalue weighted by Crippen LogP contribution is 2.34. The van der Waals surface area contributed by atoms with Gasteiger partial charge in [-0.2, -0.15) is 13.2 Å². The van der Waals surface area contributed by atoms with E-state index in [0.717, 1.165) is 35.6 Å². The molecule has 2 N–H and O–H groups in total. The number of fused-ring (bicyclic) bond motifs is 1. The summed E-state index contributed by atoms with van der Waals surface area (Å²) < 4.78 is 46.1. The van der Waals surface area contributed by atoms with Crippen LogP contribution >= 0.6 is 0 Å². The molecule has 1 aromatic carbocycles. The van der Waals surface area contributed by atoms with Crippen molar-refractivity contribution in [1.29, 1.82) is 0 Å². The number of anilines is 2. The minimum atomic E-state index is -5.07. The number of esters is 1. The minimum Gasteiger partial charge on any atom is -0.457 e. The van der Waals surface area contributed by atoms with Crippen molar-refractivity contribution >= 4 is 23.6 Å². The standard InChI is InChI=1S/C25H31F3N6O4/c1-15(2)33-12-19-20(13-33)31-23(34-9-11-37-14-16(34)3)32-21(19)17-4-6-18(7-5-17)30-24(36)29-8-10-38-22(35)25(26,27)28/h4-7,15-16H,8-14H2,1-3H3,(H2,29,30,36). The molecule has 1 aromatic heterocycles. The van der Waals surface area contributed by atoms with Crippen LogP contribution in [0.2, 0.25) is 0 Å². The number of rotatable bonds is 7. The molecule has 0 saturated carbocycles. The monoisotopic (exact) mass is 536 g/mol. The van der Waals surface area contributed by atoms with Crippen molar-refractivity contribution in [2.45, 2.75) is 52.1 Å². The maximum Gasteiger partial charge on any atom is 0.490 e. The lowest BCUT2D eigenvalue weighted by atomic mass is 10.1. The number of hydrogen-bond donors (Lipinski definition) is 2. The summed E-state index contributed by atoms with van der Waals surface area (Å²) in [5.41, 5.74) is 4.28. The van der Waals surface area contributed by atoms with E-state index in [4.69, 9.17) is 14.7 Å². The number of hydrogen-bond acceptors (Lipinski definition) is 8. The average molecular weight is 537 g/mol. The Morgan fingerprint density at radius 3 is 2.58 bits per heavy atom. The molecule has 2 aliphatic rings. The Kier molecular flexibility index (Phi) is 8.36. The highest BCUT2D eigenvalue weighted by Gasteiger charge is 2.40. The Bertz CT molecular complexity index is 1160. The topological polar surface area (TPSA) is 109 Å². The number of benzene rings is 1. The summed E-state index contributed by atoms with van der Waals surface area (Å²) >= 11 is 0. The van der Waals surface area contributed by atoms with Gasteiger partial charge in [0.1, 0.15) is 6.61 Å². The molecule has 0 spiro atoms. The first-order chi connectivity index (χ1) is 18.0. The molecule has 0 aliphatic carbocycles. The molecule has 38 heavy (non-hydrogen) atoms. The highest BCUT2D eigenvalue weighted by molar-refractivity contribution is 5.89. The molecule has 10 nitrogen and oxygen atoms in total. The Balaban J connectivity index is 1.45. The molecule has 0 radical (unpaired) electrons. The van der Waals surface area contributed by atoms with E-state index < -0.39 is 24.8 Å².